The van der Waals surface area contributed by atoms with Gasteiger partial charge in [0.1, 0.15) is 0 Å². The molecular formula is Cl3FeNa. The Kier molecular flexibility index (Phi) is 13.3. The first-order valence-electron chi connectivity index (χ1n) is 0.401. The van der Waals surface area contributed by atoms with Crippen molar-refractivity contribution in [2.75, 3.05) is 0 Å². The molecule has 0 fully saturated rings. The molecule has 0 aromatic carbocycles. The fraction of sp³-hybridized carbons (Fsp3) is 0. The smallest absolute Gasteiger partial charge is 0 e. The molecule has 0 aliphatic rings. The Hall–Kier alpha value is 2.39. The number of halogens is 3. The van der Waals surface area contributed by atoms with Gasteiger partial charge in [0.2, 0.25) is 0 Å². The van der Waals surface area contributed by atoms with Crippen LogP contribution >= 0.6 is 30.3 Å². The van der Waals surface area contributed by atoms with Crippen molar-refractivity contribution in [3.05, 3.63) is 0 Å². The Bertz CT molecular complexity index is 11.6. The molecule has 0 bridgehead atoms. The van der Waals surface area contributed by atoms with Gasteiger partial charge in [-0.05, 0) is 0 Å². The first kappa shape index (κ1) is 10.4. The second kappa shape index (κ2) is 6.39. The van der Waals surface area contributed by atoms with E-state index in [0.717, 1.165) is 0 Å². The molecule has 0 N–H and O–H groups in total. The maximum atomic E-state index is 4.89. The Morgan fingerprint density at radius 1 is 1.00 bits per heavy atom. The van der Waals surface area contributed by atoms with Crippen molar-refractivity contribution < 1.29 is 11.2 Å². The predicted molar refractivity (Wildman–Crippen MR) is 23.3 cm³/mol. The number of hydrogen-bond donors (Lipinski definition) is 0. The van der Waals surface area contributed by atoms with Crippen molar-refractivity contribution in [2.24, 2.45) is 0 Å². The van der Waals surface area contributed by atoms with Gasteiger partial charge in [0.25, 0.3) is 0 Å². The van der Waals surface area contributed by atoms with Gasteiger partial charge in [-0.1, -0.05) is 0 Å². The Balaban J connectivity index is 0. The van der Waals surface area contributed by atoms with Crippen molar-refractivity contribution >= 4 is 59.9 Å². The fourth-order valence-corrected chi connectivity index (χ4v) is 0. The molecule has 30 valence electrons. The van der Waals surface area contributed by atoms with Gasteiger partial charge in [-0.25, -0.2) is 0 Å². The van der Waals surface area contributed by atoms with Crippen molar-refractivity contribution in [2.45, 2.75) is 0 Å². The van der Waals surface area contributed by atoms with Gasteiger partial charge in [0.05, 0.1) is 0 Å². The molecule has 5 heteroatoms. The molecule has 0 aliphatic carbocycles. The second-order valence-electron chi connectivity index (χ2n) is 0.152. The van der Waals surface area contributed by atoms with E-state index < -0.39 is 11.2 Å². The van der Waals surface area contributed by atoms with Crippen LogP contribution in [0, 0.1) is 0 Å². The summed E-state index contributed by atoms with van der Waals surface area (Å²) in [5.74, 6) is 0. The van der Waals surface area contributed by atoms with Gasteiger partial charge in [-0.3, -0.25) is 0 Å². The van der Waals surface area contributed by atoms with E-state index in [9.17, 15) is 0 Å². The molecule has 0 atom stereocenters. The summed E-state index contributed by atoms with van der Waals surface area (Å²) >= 11 is -1.33. The van der Waals surface area contributed by atoms with E-state index in [1.165, 1.54) is 0 Å². The Labute approximate surface area is 70.0 Å². The van der Waals surface area contributed by atoms with Crippen molar-refractivity contribution in [1.82, 2.24) is 0 Å². The van der Waals surface area contributed by atoms with E-state index in [-0.39, 0.29) is 29.6 Å². The van der Waals surface area contributed by atoms with E-state index in [1.54, 1.807) is 0 Å². The third-order valence-corrected chi connectivity index (χ3v) is 0. The molecule has 0 saturated carbocycles. The quantitative estimate of drug-likeness (QED) is 0.504. The summed E-state index contributed by atoms with van der Waals surface area (Å²) in [6, 6.07) is 0. The molecule has 0 amide bonds. The molecule has 0 aromatic rings. The minimum absolute atomic E-state index is 0. The fourth-order valence-electron chi connectivity index (χ4n) is 0. The molecule has 0 spiro atoms. The first-order chi connectivity index (χ1) is 1.73. The van der Waals surface area contributed by atoms with Gasteiger partial charge in [-0.15, -0.1) is 0 Å². The SMILES string of the molecule is [Cl][Fe]([Cl])[Cl].[Na]. The van der Waals surface area contributed by atoms with Crippen LogP contribution in [0.3, 0.4) is 0 Å². The molecule has 0 nitrogen and oxygen atoms in total. The molecular weight excluding hydrogens is 185 g/mol. The summed E-state index contributed by atoms with van der Waals surface area (Å²) in [7, 11) is 14.7. The van der Waals surface area contributed by atoms with Gasteiger partial charge in [0, 0.05) is 29.6 Å². The maximum absolute atomic E-state index is 4.89. The zero-order valence-electron chi connectivity index (χ0n) is 2.49. The summed E-state index contributed by atoms with van der Waals surface area (Å²) in [5.41, 5.74) is 0. The third kappa shape index (κ3) is 21.6. The van der Waals surface area contributed by atoms with Crippen LogP contribution in [0.2, 0.25) is 0 Å². The molecule has 0 unspecified atom stereocenters. The molecule has 0 heterocycles. The number of hydrogen-bond acceptors (Lipinski definition) is 0. The predicted octanol–water partition coefficient (Wildman–Crippen LogP) is 1.69. The van der Waals surface area contributed by atoms with Crippen molar-refractivity contribution in [3.8, 4) is 0 Å². The van der Waals surface area contributed by atoms with Crippen molar-refractivity contribution in [1.29, 1.82) is 0 Å². The van der Waals surface area contributed by atoms with E-state index in [4.69, 9.17) is 30.3 Å². The van der Waals surface area contributed by atoms with Crippen LogP contribution in [-0.2, 0) is 11.2 Å². The summed E-state index contributed by atoms with van der Waals surface area (Å²) in [5, 5.41) is 0. The molecule has 0 aliphatic heterocycles. The zero-order valence-corrected chi connectivity index (χ0v) is 7.86. The van der Waals surface area contributed by atoms with Crippen LogP contribution in [0.25, 0.3) is 0 Å². The van der Waals surface area contributed by atoms with Crippen molar-refractivity contribution in [3.63, 3.8) is 0 Å². The standard InChI is InChI=1S/3ClH.Fe.Na/h3*1H;;/q;;;+3;/p-3. The van der Waals surface area contributed by atoms with Crippen LogP contribution in [0.5, 0.6) is 0 Å². The van der Waals surface area contributed by atoms with Gasteiger partial charge in [-0.2, -0.15) is 0 Å². The summed E-state index contributed by atoms with van der Waals surface area (Å²) in [4.78, 5) is 0. The minimum Gasteiger partial charge on any atom is 0 e. The molecule has 5 heavy (non-hydrogen) atoms. The first-order valence-corrected chi connectivity index (χ1v) is 4.96. The minimum atomic E-state index is -1.33. The van der Waals surface area contributed by atoms with Crippen LogP contribution in [-0.4, -0.2) is 29.6 Å². The van der Waals surface area contributed by atoms with E-state index >= 15 is 0 Å². The van der Waals surface area contributed by atoms with E-state index in [1.807, 2.05) is 0 Å². The molecule has 0 aromatic heterocycles. The van der Waals surface area contributed by atoms with E-state index in [2.05, 4.69) is 0 Å². The molecule has 1 radical (unpaired) electrons. The average Bonchev–Trinajstić information content (AvgIpc) is 0.811. The van der Waals surface area contributed by atoms with Gasteiger partial charge < -0.3 is 0 Å². The zero-order chi connectivity index (χ0) is 3.58. The average molecular weight is 185 g/mol. The normalized spacial score (nSPS) is 9.00. The largest absolute Gasteiger partial charge is 0 e. The number of rotatable bonds is 0. The second-order valence-corrected chi connectivity index (χ2v) is 5.62. The van der Waals surface area contributed by atoms with Crippen LogP contribution in [0.15, 0.2) is 0 Å². The van der Waals surface area contributed by atoms with Crippen LogP contribution in [0.4, 0.5) is 0 Å². The van der Waals surface area contributed by atoms with Crippen LogP contribution in [0.1, 0.15) is 0 Å². The maximum Gasteiger partial charge on any atom is 0 e. The monoisotopic (exact) mass is 184 g/mol. The Morgan fingerprint density at radius 3 is 1.00 bits per heavy atom. The summed E-state index contributed by atoms with van der Waals surface area (Å²) < 4.78 is 0. The Morgan fingerprint density at radius 2 is 1.00 bits per heavy atom. The third-order valence-electron chi connectivity index (χ3n) is 0. The van der Waals surface area contributed by atoms with Crippen LogP contribution < -0.4 is 0 Å². The van der Waals surface area contributed by atoms with Gasteiger partial charge in [0.15, 0.2) is 0 Å². The molecule has 0 rings (SSSR count). The topological polar surface area (TPSA) is 0 Å². The summed E-state index contributed by atoms with van der Waals surface area (Å²) in [6.07, 6.45) is 0. The summed E-state index contributed by atoms with van der Waals surface area (Å²) in [6.45, 7) is 0. The van der Waals surface area contributed by atoms with Gasteiger partial charge >= 0.3 is 41.5 Å². The van der Waals surface area contributed by atoms with E-state index in [0.29, 0.717) is 0 Å². The molecule has 0 saturated heterocycles.